The second kappa shape index (κ2) is 8.27. The molecule has 1 aromatic carbocycles. The molecule has 25 heavy (non-hydrogen) atoms. The van der Waals surface area contributed by atoms with Gasteiger partial charge in [-0.2, -0.15) is 0 Å². The predicted molar refractivity (Wildman–Crippen MR) is 99.2 cm³/mol. The minimum atomic E-state index is -0.174. The Kier molecular flexibility index (Phi) is 5.83. The molecule has 1 saturated heterocycles. The van der Waals surface area contributed by atoms with Crippen molar-refractivity contribution in [2.24, 2.45) is 0 Å². The summed E-state index contributed by atoms with van der Waals surface area (Å²) < 4.78 is 0. The number of amides is 1. The van der Waals surface area contributed by atoms with Crippen LogP contribution in [0.5, 0.6) is 0 Å². The Morgan fingerprint density at radius 3 is 2.60 bits per heavy atom. The molecule has 2 heterocycles. The highest BCUT2D eigenvalue weighted by molar-refractivity contribution is 6.30. The normalized spacial score (nSPS) is 15.2. The number of halogens is 1. The fourth-order valence-electron chi connectivity index (χ4n) is 2.70. The van der Waals surface area contributed by atoms with E-state index in [2.05, 4.69) is 32.1 Å². The molecule has 3 rings (SSSR count). The number of carbonyl (C=O) groups is 1. The Balaban J connectivity index is 1.55. The van der Waals surface area contributed by atoms with Crippen LogP contribution < -0.4 is 10.2 Å². The first-order valence-corrected chi connectivity index (χ1v) is 8.79. The maximum Gasteiger partial charge on any atom is 0.270 e. The molecule has 1 fully saturated rings. The third-order valence-electron chi connectivity index (χ3n) is 4.27. The number of rotatable bonds is 5. The van der Waals surface area contributed by atoms with E-state index in [1.165, 1.54) is 0 Å². The van der Waals surface area contributed by atoms with E-state index >= 15 is 0 Å². The molecule has 1 amide bonds. The van der Waals surface area contributed by atoms with Gasteiger partial charge in [0.05, 0.1) is 0 Å². The van der Waals surface area contributed by atoms with Gasteiger partial charge in [0.25, 0.3) is 5.91 Å². The van der Waals surface area contributed by atoms with Gasteiger partial charge in [-0.15, -0.1) is 0 Å². The van der Waals surface area contributed by atoms with Gasteiger partial charge in [0.2, 0.25) is 5.95 Å². The molecule has 0 bridgehead atoms. The summed E-state index contributed by atoms with van der Waals surface area (Å²) in [5.41, 5.74) is 1.53. The van der Waals surface area contributed by atoms with Crippen LogP contribution in [-0.2, 0) is 6.42 Å². The van der Waals surface area contributed by atoms with Crippen molar-refractivity contribution in [2.45, 2.75) is 6.42 Å². The Morgan fingerprint density at radius 1 is 1.16 bits per heavy atom. The summed E-state index contributed by atoms with van der Waals surface area (Å²) in [6, 6.07) is 9.28. The van der Waals surface area contributed by atoms with E-state index in [0.29, 0.717) is 23.2 Å². The van der Waals surface area contributed by atoms with Gasteiger partial charge < -0.3 is 15.1 Å². The van der Waals surface area contributed by atoms with Gasteiger partial charge in [-0.05, 0) is 37.2 Å². The number of nitrogens with zero attached hydrogens (tertiary/aromatic N) is 4. The summed E-state index contributed by atoms with van der Waals surface area (Å²) in [6.07, 6.45) is 2.40. The Bertz CT molecular complexity index is 714. The fraction of sp³-hybridized carbons (Fsp3) is 0.389. The third-order valence-corrected chi connectivity index (χ3v) is 4.53. The number of benzene rings is 1. The molecule has 132 valence electrons. The molecule has 2 aromatic rings. The van der Waals surface area contributed by atoms with E-state index in [0.717, 1.165) is 38.2 Å². The van der Waals surface area contributed by atoms with Crippen molar-refractivity contribution in [1.82, 2.24) is 20.2 Å². The molecule has 6 nitrogen and oxygen atoms in total. The quantitative estimate of drug-likeness (QED) is 0.882. The van der Waals surface area contributed by atoms with E-state index in [-0.39, 0.29) is 5.91 Å². The van der Waals surface area contributed by atoms with Gasteiger partial charge in [0, 0.05) is 43.9 Å². The van der Waals surface area contributed by atoms with E-state index in [1.807, 2.05) is 24.3 Å². The number of aromatic nitrogens is 2. The highest BCUT2D eigenvalue weighted by atomic mass is 35.5. The molecular weight excluding hydrogens is 338 g/mol. The van der Waals surface area contributed by atoms with E-state index < -0.39 is 0 Å². The number of hydrogen-bond donors (Lipinski definition) is 1. The lowest BCUT2D eigenvalue weighted by Gasteiger charge is -2.32. The Labute approximate surface area is 152 Å². The molecule has 7 heteroatoms. The SMILES string of the molecule is CN1CCN(c2nccc(C(=O)NCCc3ccc(Cl)cc3)n2)CC1. The van der Waals surface area contributed by atoms with Gasteiger partial charge >= 0.3 is 0 Å². The summed E-state index contributed by atoms with van der Waals surface area (Å²) in [5, 5.41) is 3.62. The third kappa shape index (κ3) is 4.90. The summed E-state index contributed by atoms with van der Waals surface area (Å²) in [5.74, 6) is 0.449. The second-order valence-corrected chi connectivity index (χ2v) is 6.60. The van der Waals surface area contributed by atoms with Crippen LogP contribution in [0, 0.1) is 0 Å². The molecule has 1 N–H and O–H groups in total. The first-order chi connectivity index (χ1) is 12.1. The molecule has 0 spiro atoms. The molecule has 0 unspecified atom stereocenters. The number of hydrogen-bond acceptors (Lipinski definition) is 5. The van der Waals surface area contributed by atoms with Gasteiger partial charge in [0.1, 0.15) is 5.69 Å². The summed E-state index contributed by atoms with van der Waals surface area (Å²) >= 11 is 5.87. The molecule has 1 aliphatic rings. The molecule has 0 atom stereocenters. The van der Waals surface area contributed by atoms with Crippen molar-refractivity contribution in [2.75, 3.05) is 44.7 Å². The zero-order chi connectivity index (χ0) is 17.6. The predicted octanol–water partition coefficient (Wildman–Crippen LogP) is 1.85. The van der Waals surface area contributed by atoms with Crippen molar-refractivity contribution < 1.29 is 4.79 Å². The van der Waals surface area contributed by atoms with Crippen LogP contribution in [-0.4, -0.2) is 60.5 Å². The van der Waals surface area contributed by atoms with Crippen LogP contribution in [0.1, 0.15) is 16.1 Å². The zero-order valence-electron chi connectivity index (χ0n) is 14.3. The molecule has 1 aliphatic heterocycles. The van der Waals surface area contributed by atoms with Crippen molar-refractivity contribution in [3.05, 3.63) is 52.8 Å². The lowest BCUT2D eigenvalue weighted by Crippen LogP contribution is -2.45. The smallest absolute Gasteiger partial charge is 0.270 e. The largest absolute Gasteiger partial charge is 0.350 e. The Morgan fingerprint density at radius 2 is 1.88 bits per heavy atom. The lowest BCUT2D eigenvalue weighted by molar-refractivity contribution is 0.0949. The maximum atomic E-state index is 12.3. The number of likely N-dealkylation sites (N-methyl/N-ethyl adjacent to an activating group) is 1. The maximum absolute atomic E-state index is 12.3. The molecule has 0 saturated carbocycles. The first kappa shape index (κ1) is 17.6. The molecule has 1 aromatic heterocycles. The highest BCUT2D eigenvalue weighted by Gasteiger charge is 2.17. The van der Waals surface area contributed by atoms with Crippen molar-refractivity contribution in [1.29, 1.82) is 0 Å². The van der Waals surface area contributed by atoms with Gasteiger partial charge in [-0.3, -0.25) is 4.79 Å². The minimum absolute atomic E-state index is 0.174. The van der Waals surface area contributed by atoms with E-state index in [4.69, 9.17) is 11.6 Å². The average Bonchev–Trinajstić information content (AvgIpc) is 2.64. The topological polar surface area (TPSA) is 61.4 Å². The van der Waals surface area contributed by atoms with Gasteiger partial charge in [0.15, 0.2) is 0 Å². The Hall–Kier alpha value is -2.18. The lowest BCUT2D eigenvalue weighted by atomic mass is 10.1. The van der Waals surface area contributed by atoms with Crippen LogP contribution in [0.4, 0.5) is 5.95 Å². The average molecular weight is 360 g/mol. The standard InChI is InChI=1S/C18H22ClN5O/c1-23-10-12-24(13-11-23)18-21-9-7-16(22-18)17(25)20-8-6-14-2-4-15(19)5-3-14/h2-5,7,9H,6,8,10-13H2,1H3,(H,20,25). The van der Waals surface area contributed by atoms with Gasteiger partial charge in [-0.25, -0.2) is 9.97 Å². The van der Waals surface area contributed by atoms with Crippen molar-refractivity contribution >= 4 is 23.5 Å². The molecule has 0 radical (unpaired) electrons. The summed E-state index contributed by atoms with van der Waals surface area (Å²) in [7, 11) is 2.10. The number of carbonyl (C=O) groups excluding carboxylic acids is 1. The van der Waals surface area contributed by atoms with Crippen LogP contribution in [0.25, 0.3) is 0 Å². The highest BCUT2D eigenvalue weighted by Crippen LogP contribution is 2.11. The van der Waals surface area contributed by atoms with Crippen LogP contribution >= 0.6 is 11.6 Å². The molecular formula is C18H22ClN5O. The zero-order valence-corrected chi connectivity index (χ0v) is 15.0. The number of anilines is 1. The number of piperazine rings is 1. The van der Waals surface area contributed by atoms with E-state index in [1.54, 1.807) is 12.3 Å². The van der Waals surface area contributed by atoms with Crippen molar-refractivity contribution in [3.63, 3.8) is 0 Å². The summed E-state index contributed by atoms with van der Waals surface area (Å²) in [6.45, 7) is 4.24. The van der Waals surface area contributed by atoms with Crippen molar-refractivity contribution in [3.8, 4) is 0 Å². The monoisotopic (exact) mass is 359 g/mol. The molecule has 0 aliphatic carbocycles. The van der Waals surface area contributed by atoms with Gasteiger partial charge in [-0.1, -0.05) is 23.7 Å². The van der Waals surface area contributed by atoms with Crippen LogP contribution in [0.15, 0.2) is 36.5 Å². The number of nitrogens with one attached hydrogen (secondary N) is 1. The first-order valence-electron chi connectivity index (χ1n) is 8.41. The minimum Gasteiger partial charge on any atom is -0.350 e. The second-order valence-electron chi connectivity index (χ2n) is 6.16. The van der Waals surface area contributed by atoms with Crippen LogP contribution in [0.2, 0.25) is 5.02 Å². The van der Waals surface area contributed by atoms with Crippen LogP contribution in [0.3, 0.4) is 0 Å². The fourth-order valence-corrected chi connectivity index (χ4v) is 2.82. The summed E-state index contributed by atoms with van der Waals surface area (Å²) in [4.78, 5) is 25.4. The van der Waals surface area contributed by atoms with E-state index in [9.17, 15) is 4.79 Å².